The fraction of sp³-hybridized carbons (Fsp3) is 0.353. The number of fused-ring (bicyclic) bond motifs is 2. The van der Waals surface area contributed by atoms with Crippen molar-refractivity contribution in [3.8, 4) is 0 Å². The molecule has 0 saturated heterocycles. The van der Waals surface area contributed by atoms with E-state index in [0.29, 0.717) is 30.5 Å². The Balaban J connectivity index is 1.58. The second kappa shape index (κ2) is 5.80. The summed E-state index contributed by atoms with van der Waals surface area (Å²) in [4.78, 5) is 31.3. The first-order valence-electron chi connectivity index (χ1n) is 8.16. The van der Waals surface area contributed by atoms with E-state index in [0.717, 1.165) is 17.2 Å². The van der Waals surface area contributed by atoms with Crippen LogP contribution in [0.2, 0.25) is 0 Å². The molecule has 0 saturated carbocycles. The molecule has 3 heterocycles. The lowest BCUT2D eigenvalue weighted by molar-refractivity contribution is -0.133. The van der Waals surface area contributed by atoms with E-state index < -0.39 is 0 Å². The Kier molecular flexibility index (Phi) is 3.60. The average molecular weight is 338 g/mol. The highest BCUT2D eigenvalue weighted by Gasteiger charge is 2.23. The predicted octanol–water partition coefficient (Wildman–Crippen LogP) is 0.647. The summed E-state index contributed by atoms with van der Waals surface area (Å²) < 4.78 is 3.38. The van der Waals surface area contributed by atoms with Gasteiger partial charge in [-0.3, -0.25) is 14.2 Å². The van der Waals surface area contributed by atoms with Crippen LogP contribution in [0.15, 0.2) is 29.3 Å². The van der Waals surface area contributed by atoms with E-state index in [1.165, 1.54) is 10.9 Å². The van der Waals surface area contributed by atoms with Gasteiger partial charge in [0.05, 0.1) is 23.8 Å². The number of para-hydroxylation sites is 1. The highest BCUT2D eigenvalue weighted by atomic mass is 16.2. The molecule has 0 spiro atoms. The van der Waals surface area contributed by atoms with E-state index in [1.807, 2.05) is 30.5 Å². The maximum absolute atomic E-state index is 12.6. The second-order valence-corrected chi connectivity index (χ2v) is 6.28. The van der Waals surface area contributed by atoms with Gasteiger partial charge < -0.3 is 9.47 Å². The molecule has 1 aliphatic heterocycles. The van der Waals surface area contributed by atoms with Crippen molar-refractivity contribution in [1.82, 2.24) is 29.2 Å². The molecule has 25 heavy (non-hydrogen) atoms. The van der Waals surface area contributed by atoms with Crippen LogP contribution in [0.25, 0.3) is 10.9 Å². The van der Waals surface area contributed by atoms with Crippen LogP contribution in [0, 0.1) is 13.8 Å². The maximum Gasteiger partial charge on any atom is 0.261 e. The first kappa shape index (κ1) is 15.5. The normalized spacial score (nSPS) is 13.9. The highest BCUT2D eigenvalue weighted by molar-refractivity contribution is 5.81. The van der Waals surface area contributed by atoms with Crippen molar-refractivity contribution >= 4 is 16.8 Å². The summed E-state index contributed by atoms with van der Waals surface area (Å²) >= 11 is 0. The molecule has 0 atom stereocenters. The molecule has 3 aromatic rings. The lowest BCUT2D eigenvalue weighted by Crippen LogP contribution is -2.41. The molecular formula is C17H18N6O2. The Morgan fingerprint density at radius 2 is 2.04 bits per heavy atom. The van der Waals surface area contributed by atoms with E-state index in [2.05, 4.69) is 15.2 Å². The average Bonchev–Trinajstić information content (AvgIpc) is 2.98. The fourth-order valence-electron chi connectivity index (χ4n) is 3.21. The van der Waals surface area contributed by atoms with Crippen LogP contribution in [0.3, 0.4) is 0 Å². The van der Waals surface area contributed by atoms with Gasteiger partial charge in [0.2, 0.25) is 5.91 Å². The van der Waals surface area contributed by atoms with Crippen molar-refractivity contribution in [3.05, 3.63) is 52.1 Å². The summed E-state index contributed by atoms with van der Waals surface area (Å²) in [6, 6.07) is 5.48. The zero-order chi connectivity index (χ0) is 17.6. The quantitative estimate of drug-likeness (QED) is 0.685. The van der Waals surface area contributed by atoms with Crippen LogP contribution in [-0.4, -0.2) is 41.7 Å². The monoisotopic (exact) mass is 338 g/mol. The molecule has 8 nitrogen and oxygen atoms in total. The lowest BCUT2D eigenvalue weighted by Gasteiger charge is -2.27. The number of benzene rings is 1. The van der Waals surface area contributed by atoms with Crippen molar-refractivity contribution in [2.24, 2.45) is 0 Å². The van der Waals surface area contributed by atoms with Gasteiger partial charge in [-0.1, -0.05) is 12.1 Å². The highest BCUT2D eigenvalue weighted by Crippen LogP contribution is 2.13. The Labute approximate surface area is 143 Å². The third-order valence-corrected chi connectivity index (χ3v) is 4.65. The van der Waals surface area contributed by atoms with Gasteiger partial charge in [0.15, 0.2) is 5.82 Å². The fourth-order valence-corrected chi connectivity index (χ4v) is 3.21. The number of amides is 1. The first-order valence-corrected chi connectivity index (χ1v) is 8.16. The standard InChI is InChI=1S/C17H18N6O2/c1-11-4-3-5-13-16(11)18-10-22(17(13)25)9-15(24)21-6-7-23-12(2)19-20-14(23)8-21/h3-5,10H,6-9H2,1-2H3. The van der Waals surface area contributed by atoms with Crippen LogP contribution >= 0.6 is 0 Å². The zero-order valence-electron chi connectivity index (χ0n) is 14.1. The third-order valence-electron chi connectivity index (χ3n) is 4.65. The molecule has 0 bridgehead atoms. The van der Waals surface area contributed by atoms with Crippen LogP contribution in [0.1, 0.15) is 17.2 Å². The summed E-state index contributed by atoms with van der Waals surface area (Å²) in [6.07, 6.45) is 1.45. The van der Waals surface area contributed by atoms with Crippen molar-refractivity contribution in [3.63, 3.8) is 0 Å². The molecule has 0 N–H and O–H groups in total. The Morgan fingerprint density at radius 3 is 2.88 bits per heavy atom. The Hall–Kier alpha value is -3.03. The number of nitrogens with zero attached hydrogens (tertiary/aromatic N) is 6. The van der Waals surface area contributed by atoms with Crippen molar-refractivity contribution in [2.45, 2.75) is 33.5 Å². The van der Waals surface area contributed by atoms with E-state index in [4.69, 9.17) is 0 Å². The minimum absolute atomic E-state index is 0.0250. The predicted molar refractivity (Wildman–Crippen MR) is 90.9 cm³/mol. The summed E-state index contributed by atoms with van der Waals surface area (Å²) in [5.74, 6) is 1.51. The number of hydrogen-bond acceptors (Lipinski definition) is 5. The summed E-state index contributed by atoms with van der Waals surface area (Å²) in [7, 11) is 0. The molecule has 2 aromatic heterocycles. The van der Waals surface area contributed by atoms with E-state index >= 15 is 0 Å². The summed E-state index contributed by atoms with van der Waals surface area (Å²) in [5, 5.41) is 8.68. The number of carbonyl (C=O) groups excluding carboxylic acids is 1. The van der Waals surface area contributed by atoms with Gasteiger partial charge >= 0.3 is 0 Å². The number of carbonyl (C=O) groups is 1. The van der Waals surface area contributed by atoms with Gasteiger partial charge in [-0.05, 0) is 25.5 Å². The third kappa shape index (κ3) is 2.59. The molecule has 4 rings (SSSR count). The minimum atomic E-state index is -0.196. The molecule has 1 amide bonds. The Morgan fingerprint density at radius 1 is 1.20 bits per heavy atom. The van der Waals surface area contributed by atoms with Crippen LogP contribution in [0.5, 0.6) is 0 Å². The maximum atomic E-state index is 12.6. The molecule has 1 aromatic carbocycles. The van der Waals surface area contributed by atoms with Crippen LogP contribution < -0.4 is 5.56 Å². The molecular weight excluding hydrogens is 320 g/mol. The lowest BCUT2D eigenvalue weighted by atomic mass is 10.1. The molecule has 8 heteroatoms. The summed E-state index contributed by atoms with van der Waals surface area (Å²) in [5.41, 5.74) is 1.43. The molecule has 0 aliphatic carbocycles. The SMILES string of the molecule is Cc1cccc2c(=O)n(CC(=O)N3CCn4c(C)nnc4C3)cnc12. The van der Waals surface area contributed by atoms with Crippen LogP contribution in [-0.2, 0) is 24.4 Å². The molecule has 0 radical (unpaired) electrons. The molecule has 0 unspecified atom stereocenters. The number of aryl methyl sites for hydroxylation is 2. The van der Waals surface area contributed by atoms with E-state index in [9.17, 15) is 9.59 Å². The Bertz CT molecular complexity index is 1040. The van der Waals surface area contributed by atoms with E-state index in [-0.39, 0.29) is 18.0 Å². The minimum Gasteiger partial charge on any atom is -0.332 e. The molecule has 0 fully saturated rings. The van der Waals surface area contributed by atoms with E-state index in [1.54, 1.807) is 11.0 Å². The number of hydrogen-bond donors (Lipinski definition) is 0. The van der Waals surface area contributed by atoms with Crippen molar-refractivity contribution in [2.75, 3.05) is 6.54 Å². The largest absolute Gasteiger partial charge is 0.332 e. The first-order chi connectivity index (χ1) is 12.0. The van der Waals surface area contributed by atoms with Gasteiger partial charge in [0.1, 0.15) is 12.4 Å². The molecule has 128 valence electrons. The topological polar surface area (TPSA) is 85.9 Å². The number of rotatable bonds is 2. The van der Waals surface area contributed by atoms with Gasteiger partial charge in [-0.25, -0.2) is 4.98 Å². The van der Waals surface area contributed by atoms with Gasteiger partial charge in [-0.2, -0.15) is 0 Å². The van der Waals surface area contributed by atoms with Crippen molar-refractivity contribution < 1.29 is 4.79 Å². The molecule has 1 aliphatic rings. The zero-order valence-corrected chi connectivity index (χ0v) is 14.1. The summed E-state index contributed by atoms with van der Waals surface area (Å²) in [6.45, 7) is 5.45. The second-order valence-electron chi connectivity index (χ2n) is 6.28. The van der Waals surface area contributed by atoms with Gasteiger partial charge in [0.25, 0.3) is 5.56 Å². The smallest absolute Gasteiger partial charge is 0.261 e. The van der Waals surface area contributed by atoms with Crippen molar-refractivity contribution in [1.29, 1.82) is 0 Å². The number of aromatic nitrogens is 5. The van der Waals surface area contributed by atoms with Gasteiger partial charge in [0, 0.05) is 13.1 Å². The van der Waals surface area contributed by atoms with Crippen LogP contribution in [0.4, 0.5) is 0 Å². The van der Waals surface area contributed by atoms with Gasteiger partial charge in [-0.15, -0.1) is 10.2 Å².